The lowest BCUT2D eigenvalue weighted by Gasteiger charge is -2.39. The summed E-state index contributed by atoms with van der Waals surface area (Å²) in [5, 5.41) is 9.14. The average Bonchev–Trinajstić information content (AvgIpc) is 3.21. The summed E-state index contributed by atoms with van der Waals surface area (Å²) >= 11 is 0. The second-order valence-electron chi connectivity index (χ2n) is 10.1. The number of carboxylic acids is 1. The van der Waals surface area contributed by atoms with Gasteiger partial charge in [0.2, 0.25) is 5.91 Å². The summed E-state index contributed by atoms with van der Waals surface area (Å²) in [4.78, 5) is 28.2. The van der Waals surface area contributed by atoms with Crippen LogP contribution in [0.2, 0.25) is 0 Å². The third-order valence-corrected chi connectivity index (χ3v) is 7.50. The number of hydrogen-bond donors (Lipinski definition) is 1. The third-order valence-electron chi connectivity index (χ3n) is 7.50. The number of carbonyl (C=O) groups excluding carboxylic acids is 1. The Balaban J connectivity index is 1.26. The normalized spacial score (nSPS) is 17.4. The van der Waals surface area contributed by atoms with Gasteiger partial charge >= 0.3 is 5.97 Å². The largest absolute Gasteiger partial charge is 0.494 e. The van der Waals surface area contributed by atoms with Crippen LogP contribution in [0, 0.1) is 11.2 Å². The van der Waals surface area contributed by atoms with E-state index in [4.69, 9.17) is 9.84 Å². The first-order chi connectivity index (χ1) is 17.8. The number of hydrogen-bond acceptors (Lipinski definition) is 4. The van der Waals surface area contributed by atoms with Gasteiger partial charge < -0.3 is 14.7 Å². The van der Waals surface area contributed by atoms with Crippen LogP contribution in [0.5, 0.6) is 5.75 Å². The number of halogens is 1. The monoisotopic (exact) mass is 502 g/mol. The maximum absolute atomic E-state index is 13.8. The van der Waals surface area contributed by atoms with E-state index < -0.39 is 5.97 Å². The molecule has 2 aliphatic heterocycles. The summed E-state index contributed by atoms with van der Waals surface area (Å²) < 4.78 is 19.6. The molecule has 37 heavy (non-hydrogen) atoms. The highest BCUT2D eigenvalue weighted by molar-refractivity contribution is 5.97. The molecule has 3 aromatic carbocycles. The van der Waals surface area contributed by atoms with E-state index >= 15 is 0 Å². The highest BCUT2D eigenvalue weighted by Gasteiger charge is 2.45. The second-order valence-corrected chi connectivity index (χ2v) is 10.1. The van der Waals surface area contributed by atoms with Crippen LogP contribution in [-0.2, 0) is 11.3 Å². The van der Waals surface area contributed by atoms with Crippen LogP contribution in [-0.4, -0.2) is 48.1 Å². The van der Waals surface area contributed by atoms with Crippen LogP contribution in [0.4, 0.5) is 10.1 Å². The first-order valence-corrected chi connectivity index (χ1v) is 12.7. The van der Waals surface area contributed by atoms with Gasteiger partial charge in [0.05, 0.1) is 12.2 Å². The van der Waals surface area contributed by atoms with Gasteiger partial charge in [0.1, 0.15) is 11.6 Å². The maximum Gasteiger partial charge on any atom is 0.335 e. The number of nitrogens with zero attached hydrogens (tertiary/aromatic N) is 2. The van der Waals surface area contributed by atoms with Gasteiger partial charge in [0.15, 0.2) is 0 Å². The molecule has 3 aromatic rings. The number of likely N-dealkylation sites (tertiary alicyclic amines) is 1. The number of ether oxygens (including phenoxy) is 1. The fourth-order valence-electron chi connectivity index (χ4n) is 5.53. The van der Waals surface area contributed by atoms with Crippen molar-refractivity contribution in [2.45, 2.75) is 32.7 Å². The van der Waals surface area contributed by atoms with Crippen molar-refractivity contribution in [1.29, 1.82) is 0 Å². The number of rotatable bonds is 7. The Morgan fingerprint density at radius 2 is 1.78 bits per heavy atom. The van der Waals surface area contributed by atoms with Crippen molar-refractivity contribution in [2.24, 2.45) is 5.41 Å². The first-order valence-electron chi connectivity index (χ1n) is 12.7. The van der Waals surface area contributed by atoms with E-state index in [1.54, 1.807) is 35.2 Å². The summed E-state index contributed by atoms with van der Waals surface area (Å²) in [5.74, 6) is -0.363. The molecule has 2 heterocycles. The van der Waals surface area contributed by atoms with Crippen molar-refractivity contribution < 1.29 is 23.8 Å². The zero-order chi connectivity index (χ0) is 26.0. The van der Waals surface area contributed by atoms with Crippen LogP contribution < -0.4 is 9.64 Å². The fraction of sp³-hybridized carbons (Fsp3) is 0.333. The molecule has 1 spiro atoms. The molecule has 0 radical (unpaired) electrons. The molecule has 1 amide bonds. The lowest BCUT2D eigenvalue weighted by molar-refractivity contribution is -0.118. The minimum absolute atomic E-state index is 0.0566. The Morgan fingerprint density at radius 3 is 2.46 bits per heavy atom. The van der Waals surface area contributed by atoms with E-state index in [9.17, 15) is 14.0 Å². The van der Waals surface area contributed by atoms with Crippen molar-refractivity contribution in [3.05, 3.63) is 83.7 Å². The molecule has 0 atom stereocenters. The molecule has 2 fully saturated rings. The Kier molecular flexibility index (Phi) is 6.98. The summed E-state index contributed by atoms with van der Waals surface area (Å²) in [5.41, 5.74) is 3.78. The minimum atomic E-state index is -0.974. The average molecular weight is 503 g/mol. The zero-order valence-electron chi connectivity index (χ0n) is 21.0. The molecule has 0 unspecified atom stereocenters. The summed E-state index contributed by atoms with van der Waals surface area (Å²) in [7, 11) is 0. The van der Waals surface area contributed by atoms with Gasteiger partial charge in [0.25, 0.3) is 0 Å². The van der Waals surface area contributed by atoms with Crippen LogP contribution in [0.3, 0.4) is 0 Å². The molecule has 7 heteroatoms. The number of anilines is 1. The number of piperidine rings is 1. The maximum atomic E-state index is 13.8. The summed E-state index contributed by atoms with van der Waals surface area (Å²) in [6, 6.07) is 19.2. The third kappa shape index (κ3) is 5.52. The van der Waals surface area contributed by atoms with E-state index in [1.165, 1.54) is 12.1 Å². The zero-order valence-corrected chi connectivity index (χ0v) is 21.0. The minimum Gasteiger partial charge on any atom is -0.494 e. The molecule has 6 nitrogen and oxygen atoms in total. The number of carboxylic acid groups (broad SMARTS) is 1. The molecule has 2 aliphatic rings. The van der Waals surface area contributed by atoms with E-state index in [0.29, 0.717) is 19.6 Å². The van der Waals surface area contributed by atoms with Gasteiger partial charge in [-0.3, -0.25) is 9.69 Å². The van der Waals surface area contributed by atoms with E-state index in [2.05, 4.69) is 17.0 Å². The highest BCUT2D eigenvalue weighted by Crippen LogP contribution is 2.43. The van der Waals surface area contributed by atoms with Crippen molar-refractivity contribution in [3.8, 4) is 16.9 Å². The topological polar surface area (TPSA) is 70.1 Å². The van der Waals surface area contributed by atoms with E-state index in [1.807, 2.05) is 19.1 Å². The molecule has 0 aromatic heterocycles. The number of carbonyl (C=O) groups is 2. The molecule has 0 saturated carbocycles. The first kappa shape index (κ1) is 25.0. The van der Waals surface area contributed by atoms with Crippen LogP contribution >= 0.6 is 0 Å². The van der Waals surface area contributed by atoms with E-state index in [-0.39, 0.29) is 22.7 Å². The van der Waals surface area contributed by atoms with E-state index in [0.717, 1.165) is 60.6 Å². The number of benzene rings is 3. The van der Waals surface area contributed by atoms with Crippen molar-refractivity contribution >= 4 is 17.6 Å². The molecule has 0 aliphatic carbocycles. The van der Waals surface area contributed by atoms with Gasteiger partial charge in [-0.2, -0.15) is 0 Å². The molecule has 5 rings (SSSR count). The second kappa shape index (κ2) is 10.3. The Morgan fingerprint density at radius 1 is 1.03 bits per heavy atom. The van der Waals surface area contributed by atoms with Gasteiger partial charge in [-0.25, -0.2) is 9.18 Å². The molecular formula is C30H31FN2O4. The van der Waals surface area contributed by atoms with Crippen LogP contribution in [0.25, 0.3) is 11.1 Å². The smallest absolute Gasteiger partial charge is 0.335 e. The Labute approximate surface area is 216 Å². The molecule has 0 bridgehead atoms. The Bertz CT molecular complexity index is 1300. The van der Waals surface area contributed by atoms with Crippen molar-refractivity contribution in [2.75, 3.05) is 31.1 Å². The van der Waals surface area contributed by atoms with Gasteiger partial charge in [-0.05, 0) is 110 Å². The number of aromatic carboxylic acids is 1. The van der Waals surface area contributed by atoms with Crippen molar-refractivity contribution in [3.63, 3.8) is 0 Å². The number of amides is 1. The highest BCUT2D eigenvalue weighted by atomic mass is 19.1. The lowest BCUT2D eigenvalue weighted by atomic mass is 9.77. The summed E-state index contributed by atoms with van der Waals surface area (Å²) in [6.45, 7) is 5.69. The lowest BCUT2D eigenvalue weighted by Crippen LogP contribution is -2.41. The predicted octanol–water partition coefficient (Wildman–Crippen LogP) is 5.61. The van der Waals surface area contributed by atoms with Crippen LogP contribution in [0.15, 0.2) is 66.7 Å². The molecule has 2 saturated heterocycles. The molecular weight excluding hydrogens is 471 g/mol. The fourth-order valence-corrected chi connectivity index (χ4v) is 5.53. The van der Waals surface area contributed by atoms with Gasteiger partial charge in [-0.1, -0.05) is 12.1 Å². The molecule has 1 N–H and O–H groups in total. The van der Waals surface area contributed by atoms with Crippen molar-refractivity contribution in [1.82, 2.24) is 4.90 Å². The predicted molar refractivity (Wildman–Crippen MR) is 140 cm³/mol. The SMILES string of the molecule is CCOc1cc(CN2CCC3(CC2)CC(=O)N(c2ccc(C(=O)O)cc2)C3)cc(-c2cccc(F)c2)c1. The van der Waals surface area contributed by atoms with Gasteiger partial charge in [-0.15, -0.1) is 0 Å². The summed E-state index contributed by atoms with van der Waals surface area (Å²) in [6.07, 6.45) is 2.36. The van der Waals surface area contributed by atoms with Crippen LogP contribution in [0.1, 0.15) is 42.1 Å². The standard InChI is InChI=1S/C30H31FN2O4/c1-2-37-27-15-21(14-24(17-27)23-4-3-5-25(31)16-23)19-32-12-10-30(11-13-32)18-28(34)33(20-30)26-8-6-22(7-9-26)29(35)36/h3-9,14-17H,2,10-13,18-20H2,1H3,(H,35,36). The van der Waals surface area contributed by atoms with Gasteiger partial charge in [0, 0.05) is 25.2 Å². The molecule has 192 valence electrons. The Hall–Kier alpha value is -3.71. The quantitative estimate of drug-likeness (QED) is 0.455.